The number of amides is 3. The number of rotatable bonds is 5. The van der Waals surface area contributed by atoms with Gasteiger partial charge in [-0.05, 0) is 51.1 Å². The molecule has 34 heavy (non-hydrogen) atoms. The molecular formula is C22H22F2N4O6. The Labute approximate surface area is 193 Å². The van der Waals surface area contributed by atoms with Crippen molar-refractivity contribution in [3.05, 3.63) is 58.1 Å². The van der Waals surface area contributed by atoms with Crippen LogP contribution in [0, 0.1) is 27.7 Å². The van der Waals surface area contributed by atoms with Gasteiger partial charge in [0.15, 0.2) is 0 Å². The number of hydrogen-bond donors (Lipinski definition) is 2. The predicted octanol–water partition coefficient (Wildman–Crippen LogP) is 4.21. The van der Waals surface area contributed by atoms with Gasteiger partial charge in [0.1, 0.15) is 11.4 Å². The lowest BCUT2D eigenvalue weighted by Crippen LogP contribution is -2.28. The van der Waals surface area contributed by atoms with Crippen molar-refractivity contribution < 1.29 is 32.8 Å². The van der Waals surface area contributed by atoms with Gasteiger partial charge < -0.3 is 15.0 Å². The minimum absolute atomic E-state index is 0.0857. The number of nitrogens with zero attached hydrogens (tertiary/aromatic N) is 2. The van der Waals surface area contributed by atoms with Crippen LogP contribution >= 0.6 is 0 Å². The first-order valence-corrected chi connectivity index (χ1v) is 10.2. The molecule has 1 unspecified atom stereocenters. The van der Waals surface area contributed by atoms with Crippen molar-refractivity contribution >= 4 is 40.7 Å². The highest BCUT2D eigenvalue weighted by Gasteiger charge is 2.36. The molecule has 1 fully saturated rings. The highest BCUT2D eigenvalue weighted by atomic mass is 19.1. The number of nitrogens with one attached hydrogen (secondary N) is 2. The fraction of sp³-hybridized carbons (Fsp3) is 0.318. The van der Waals surface area contributed by atoms with Crippen LogP contribution in [0.2, 0.25) is 0 Å². The van der Waals surface area contributed by atoms with Crippen molar-refractivity contribution in [1.82, 2.24) is 0 Å². The van der Waals surface area contributed by atoms with Crippen LogP contribution < -0.4 is 15.5 Å². The summed E-state index contributed by atoms with van der Waals surface area (Å²) in [6, 6.07) is 6.57. The number of anilines is 3. The van der Waals surface area contributed by atoms with E-state index in [-0.39, 0.29) is 30.0 Å². The molecule has 0 aliphatic carbocycles. The van der Waals surface area contributed by atoms with E-state index in [2.05, 4.69) is 10.6 Å². The standard InChI is InChI=1S/C22H22F2N4O6/c1-22(2,3)34-21(31)26-17-9-13(4-6-15(17)23)25-20(30)12-8-19(29)27(11-12)14-5-7-16(24)18(10-14)28(32)33/h4-7,9-10,12H,8,11H2,1-3H3,(H,25,30)(H,26,31). The topological polar surface area (TPSA) is 131 Å². The average Bonchev–Trinajstić information content (AvgIpc) is 3.11. The maximum Gasteiger partial charge on any atom is 0.412 e. The van der Waals surface area contributed by atoms with Gasteiger partial charge in [0, 0.05) is 24.7 Å². The number of ether oxygens (including phenoxy) is 1. The summed E-state index contributed by atoms with van der Waals surface area (Å²) in [5.41, 5.74) is -1.53. The first kappa shape index (κ1) is 24.6. The second kappa shape index (κ2) is 9.41. The normalized spacial score (nSPS) is 15.7. The molecule has 1 atom stereocenters. The third kappa shape index (κ3) is 5.82. The Bertz CT molecular complexity index is 1160. The van der Waals surface area contributed by atoms with Crippen LogP contribution in [0.1, 0.15) is 27.2 Å². The summed E-state index contributed by atoms with van der Waals surface area (Å²) in [6.45, 7) is 4.86. The van der Waals surface area contributed by atoms with Gasteiger partial charge in [0.2, 0.25) is 17.6 Å². The minimum Gasteiger partial charge on any atom is -0.444 e. The molecule has 1 aliphatic heterocycles. The van der Waals surface area contributed by atoms with Crippen LogP contribution in [0.5, 0.6) is 0 Å². The van der Waals surface area contributed by atoms with E-state index in [0.717, 1.165) is 23.1 Å². The number of nitro benzene ring substituents is 1. The molecule has 0 radical (unpaired) electrons. The SMILES string of the molecule is CC(C)(C)OC(=O)Nc1cc(NC(=O)C2CC(=O)N(c3ccc(F)c([N+](=O)[O-])c3)C2)ccc1F. The van der Waals surface area contributed by atoms with Crippen molar-refractivity contribution in [2.45, 2.75) is 32.8 Å². The number of benzene rings is 2. The Morgan fingerprint density at radius 3 is 2.44 bits per heavy atom. The molecule has 0 aromatic heterocycles. The van der Waals surface area contributed by atoms with E-state index >= 15 is 0 Å². The van der Waals surface area contributed by atoms with Gasteiger partial charge in [-0.25, -0.2) is 9.18 Å². The second-order valence-corrected chi connectivity index (χ2v) is 8.61. The molecule has 3 rings (SSSR count). The van der Waals surface area contributed by atoms with Crippen LogP contribution in [-0.2, 0) is 14.3 Å². The molecule has 0 bridgehead atoms. The van der Waals surface area contributed by atoms with E-state index < -0.39 is 51.7 Å². The van der Waals surface area contributed by atoms with Crippen LogP contribution in [0.15, 0.2) is 36.4 Å². The van der Waals surface area contributed by atoms with E-state index in [4.69, 9.17) is 4.74 Å². The summed E-state index contributed by atoms with van der Waals surface area (Å²) in [4.78, 5) is 48.3. The molecule has 2 aromatic carbocycles. The van der Waals surface area contributed by atoms with Crippen LogP contribution in [0.4, 0.5) is 36.3 Å². The van der Waals surface area contributed by atoms with Gasteiger partial charge in [-0.2, -0.15) is 4.39 Å². The summed E-state index contributed by atoms with van der Waals surface area (Å²) in [7, 11) is 0. The smallest absolute Gasteiger partial charge is 0.412 e. The van der Waals surface area contributed by atoms with Gasteiger partial charge in [-0.1, -0.05) is 0 Å². The lowest BCUT2D eigenvalue weighted by Gasteiger charge is -2.20. The Balaban J connectivity index is 1.70. The zero-order valence-corrected chi connectivity index (χ0v) is 18.6. The molecular weight excluding hydrogens is 454 g/mol. The number of carbonyl (C=O) groups is 3. The maximum absolute atomic E-state index is 14.1. The zero-order chi connectivity index (χ0) is 25.2. The Morgan fingerprint density at radius 2 is 1.79 bits per heavy atom. The van der Waals surface area contributed by atoms with E-state index in [9.17, 15) is 33.3 Å². The third-order valence-electron chi connectivity index (χ3n) is 4.80. The molecule has 2 N–H and O–H groups in total. The predicted molar refractivity (Wildman–Crippen MR) is 118 cm³/mol. The van der Waals surface area contributed by atoms with Crippen molar-refractivity contribution in [3.8, 4) is 0 Å². The van der Waals surface area contributed by atoms with E-state index in [1.54, 1.807) is 20.8 Å². The monoisotopic (exact) mass is 476 g/mol. The van der Waals surface area contributed by atoms with Crippen LogP contribution in [0.25, 0.3) is 0 Å². The van der Waals surface area contributed by atoms with Gasteiger partial charge in [-0.15, -0.1) is 0 Å². The molecule has 1 heterocycles. The molecule has 1 saturated heterocycles. The molecule has 3 amide bonds. The van der Waals surface area contributed by atoms with Gasteiger partial charge in [-0.3, -0.25) is 25.0 Å². The van der Waals surface area contributed by atoms with E-state index in [0.29, 0.717) is 0 Å². The fourth-order valence-corrected chi connectivity index (χ4v) is 3.30. The molecule has 12 heteroatoms. The molecule has 1 aliphatic rings. The van der Waals surface area contributed by atoms with Crippen LogP contribution in [-0.4, -0.2) is 35.0 Å². The number of nitro groups is 1. The third-order valence-corrected chi connectivity index (χ3v) is 4.80. The summed E-state index contributed by atoms with van der Waals surface area (Å²) in [5, 5.41) is 15.8. The Morgan fingerprint density at radius 1 is 1.12 bits per heavy atom. The summed E-state index contributed by atoms with van der Waals surface area (Å²) >= 11 is 0. The summed E-state index contributed by atoms with van der Waals surface area (Å²) < 4.78 is 32.8. The van der Waals surface area contributed by atoms with Crippen molar-refractivity contribution in [2.24, 2.45) is 5.92 Å². The number of carbonyl (C=O) groups excluding carboxylic acids is 3. The fourth-order valence-electron chi connectivity index (χ4n) is 3.30. The molecule has 10 nitrogen and oxygen atoms in total. The van der Waals surface area contributed by atoms with E-state index in [1.165, 1.54) is 18.2 Å². The number of halogens is 2. The van der Waals surface area contributed by atoms with Gasteiger partial charge >= 0.3 is 11.8 Å². The summed E-state index contributed by atoms with van der Waals surface area (Å²) in [6.07, 6.45) is -1.05. The quantitative estimate of drug-likeness (QED) is 0.491. The molecule has 2 aromatic rings. The van der Waals surface area contributed by atoms with Crippen molar-refractivity contribution in [3.63, 3.8) is 0 Å². The average molecular weight is 476 g/mol. The number of hydrogen-bond acceptors (Lipinski definition) is 6. The minimum atomic E-state index is -1.04. The molecule has 0 saturated carbocycles. The first-order chi connectivity index (χ1) is 15.8. The zero-order valence-electron chi connectivity index (χ0n) is 18.6. The second-order valence-electron chi connectivity index (χ2n) is 8.61. The van der Waals surface area contributed by atoms with Crippen molar-refractivity contribution in [2.75, 3.05) is 22.1 Å². The van der Waals surface area contributed by atoms with Gasteiger partial charge in [0.25, 0.3) is 0 Å². The first-order valence-electron chi connectivity index (χ1n) is 10.2. The van der Waals surface area contributed by atoms with Crippen molar-refractivity contribution in [1.29, 1.82) is 0 Å². The maximum atomic E-state index is 14.1. The highest BCUT2D eigenvalue weighted by molar-refractivity contribution is 6.03. The lowest BCUT2D eigenvalue weighted by molar-refractivity contribution is -0.387. The lowest BCUT2D eigenvalue weighted by atomic mass is 10.1. The largest absolute Gasteiger partial charge is 0.444 e. The van der Waals surface area contributed by atoms with Gasteiger partial charge in [0.05, 0.1) is 22.2 Å². The Hall–Kier alpha value is -4.09. The Kier molecular flexibility index (Phi) is 6.80. The molecule has 0 spiro atoms. The van der Waals surface area contributed by atoms with Crippen LogP contribution in [0.3, 0.4) is 0 Å². The molecule has 180 valence electrons. The van der Waals surface area contributed by atoms with E-state index in [1.807, 2.05) is 0 Å². The summed E-state index contributed by atoms with van der Waals surface area (Å²) in [5.74, 6) is -3.62. The highest BCUT2D eigenvalue weighted by Crippen LogP contribution is 2.30.